The molecular weight excluding hydrogens is 480 g/mol. The second-order valence-corrected chi connectivity index (χ2v) is 6.45. The largest absolute Gasteiger partial charge is 0.465 e. The number of hydrogen-bond acceptors (Lipinski definition) is 5. The van der Waals surface area contributed by atoms with Crippen LogP contribution in [0, 0.1) is 0 Å². The number of amides is 2. The van der Waals surface area contributed by atoms with Crippen LogP contribution in [0.1, 0.15) is 53.0 Å². The third-order valence-electron chi connectivity index (χ3n) is 3.53. The van der Waals surface area contributed by atoms with Crippen LogP contribution in [-0.4, -0.2) is 71.2 Å². The first-order valence-corrected chi connectivity index (χ1v) is 12.3. The molecule has 8 nitrogen and oxygen atoms in total. The van der Waals surface area contributed by atoms with Gasteiger partial charge in [0.1, 0.15) is 0 Å². The van der Waals surface area contributed by atoms with Gasteiger partial charge < -0.3 is 30.7 Å². The van der Waals surface area contributed by atoms with Crippen molar-refractivity contribution in [1.29, 1.82) is 0 Å². The minimum absolute atomic E-state index is 0.0117. The molecule has 1 fully saturated rings. The molecule has 1 heterocycles. The van der Waals surface area contributed by atoms with E-state index in [2.05, 4.69) is 26.6 Å². The summed E-state index contributed by atoms with van der Waals surface area (Å²) in [6.07, 6.45) is 0.685. The molecule has 2 atom stereocenters. The molecular formula is C23H43BrN2O6. The lowest BCUT2D eigenvalue weighted by molar-refractivity contribution is -0.119. The third-order valence-corrected chi connectivity index (χ3v) is 4.04. The van der Waals surface area contributed by atoms with E-state index in [9.17, 15) is 14.7 Å². The standard InChI is InChI=1S/C13H17BrN2O4.C4H8O.C2H6O.2C2H6/c14-7-12(18)15-8-11(17)10(16-13(19)20)6-9-4-2-1-3-5-9;1-2-4-5-3-1;1-2-3;2*1-2/h1-5,10-11,16-17H,6-8H2,(H,15,18)(H,19,20);1-4H2;3H,2H2,1H3;2*1-2H3/t10?,11-;;;;/m1..../s1. The number of benzene rings is 1. The molecule has 2 amide bonds. The number of carbonyl (C=O) groups excluding carboxylic acids is 1. The number of rotatable bonds is 7. The number of ether oxygens (including phenoxy) is 1. The highest BCUT2D eigenvalue weighted by atomic mass is 79.9. The highest BCUT2D eigenvalue weighted by Gasteiger charge is 2.22. The van der Waals surface area contributed by atoms with E-state index < -0.39 is 18.2 Å². The molecule has 1 unspecified atom stereocenters. The molecule has 1 aliphatic rings. The Kier molecular flexibility index (Phi) is 29.9. The Labute approximate surface area is 201 Å². The lowest BCUT2D eigenvalue weighted by atomic mass is 10.0. The molecule has 32 heavy (non-hydrogen) atoms. The first-order valence-electron chi connectivity index (χ1n) is 11.2. The molecule has 0 bridgehead atoms. The Morgan fingerprint density at radius 3 is 1.97 bits per heavy atom. The van der Waals surface area contributed by atoms with Crippen LogP contribution in [0.25, 0.3) is 0 Å². The Hall–Kier alpha value is -1.68. The van der Waals surface area contributed by atoms with Gasteiger partial charge in [-0.05, 0) is 31.7 Å². The van der Waals surface area contributed by atoms with Crippen LogP contribution >= 0.6 is 15.9 Å². The Balaban J connectivity index is -0.000000576. The maximum atomic E-state index is 11.1. The van der Waals surface area contributed by atoms with Gasteiger partial charge in [-0.1, -0.05) is 74.0 Å². The van der Waals surface area contributed by atoms with E-state index in [4.69, 9.17) is 14.9 Å². The van der Waals surface area contributed by atoms with Crippen LogP contribution in [0.2, 0.25) is 0 Å². The van der Waals surface area contributed by atoms with Gasteiger partial charge in [0.15, 0.2) is 0 Å². The zero-order valence-corrected chi connectivity index (χ0v) is 21.7. The van der Waals surface area contributed by atoms with Crippen LogP contribution in [0.3, 0.4) is 0 Å². The summed E-state index contributed by atoms with van der Waals surface area (Å²) in [6.45, 7) is 11.9. The Bertz CT molecular complexity index is 523. The van der Waals surface area contributed by atoms with Crippen molar-refractivity contribution < 1.29 is 29.6 Å². The van der Waals surface area contributed by atoms with Crippen molar-refractivity contribution in [3.63, 3.8) is 0 Å². The number of aliphatic hydroxyl groups excluding tert-OH is 2. The van der Waals surface area contributed by atoms with Gasteiger partial charge >= 0.3 is 6.09 Å². The fourth-order valence-electron chi connectivity index (χ4n) is 2.23. The van der Waals surface area contributed by atoms with Crippen molar-refractivity contribution in [3.05, 3.63) is 35.9 Å². The number of hydrogen-bond donors (Lipinski definition) is 5. The van der Waals surface area contributed by atoms with E-state index in [0.29, 0.717) is 6.42 Å². The number of nitrogens with one attached hydrogen (secondary N) is 2. The number of halogens is 1. The van der Waals surface area contributed by atoms with Gasteiger partial charge in [0.25, 0.3) is 0 Å². The zero-order valence-electron chi connectivity index (χ0n) is 20.1. The monoisotopic (exact) mass is 522 g/mol. The minimum atomic E-state index is -1.21. The topological polar surface area (TPSA) is 128 Å². The van der Waals surface area contributed by atoms with Crippen LogP contribution in [0.5, 0.6) is 0 Å². The smallest absolute Gasteiger partial charge is 0.404 e. The van der Waals surface area contributed by atoms with Crippen molar-refractivity contribution in [2.24, 2.45) is 0 Å². The first kappa shape index (κ1) is 34.9. The van der Waals surface area contributed by atoms with E-state index in [0.717, 1.165) is 18.8 Å². The molecule has 1 aromatic carbocycles. The van der Waals surface area contributed by atoms with Gasteiger partial charge in [-0.15, -0.1) is 0 Å². The van der Waals surface area contributed by atoms with Gasteiger partial charge in [-0.3, -0.25) is 4.79 Å². The molecule has 0 spiro atoms. The predicted molar refractivity (Wildman–Crippen MR) is 133 cm³/mol. The average molecular weight is 524 g/mol. The SMILES string of the molecule is C1CCOC1.CC.CC.CCO.O=C(O)NC(Cc1ccccc1)[C@H](O)CNC(=O)CBr. The maximum Gasteiger partial charge on any atom is 0.404 e. The highest BCUT2D eigenvalue weighted by Crippen LogP contribution is 2.06. The molecule has 1 aromatic rings. The summed E-state index contributed by atoms with van der Waals surface area (Å²) in [7, 11) is 0. The van der Waals surface area contributed by atoms with Crippen molar-refractivity contribution in [2.75, 3.05) is 31.7 Å². The summed E-state index contributed by atoms with van der Waals surface area (Å²) in [5, 5.41) is 31.3. The van der Waals surface area contributed by atoms with Crippen LogP contribution in [0.15, 0.2) is 30.3 Å². The quantitative estimate of drug-likeness (QED) is 0.348. The predicted octanol–water partition coefficient (Wildman–Crippen LogP) is 3.59. The second kappa shape index (κ2) is 27.4. The van der Waals surface area contributed by atoms with Crippen LogP contribution in [-0.2, 0) is 16.0 Å². The Morgan fingerprint density at radius 2 is 1.59 bits per heavy atom. The van der Waals surface area contributed by atoms with Crippen molar-refractivity contribution in [3.8, 4) is 0 Å². The normalized spacial score (nSPS) is 13.0. The fourth-order valence-corrected chi connectivity index (χ4v) is 2.43. The van der Waals surface area contributed by atoms with E-state index in [1.54, 1.807) is 6.92 Å². The minimum Gasteiger partial charge on any atom is -0.465 e. The molecule has 2 rings (SSSR count). The van der Waals surface area contributed by atoms with Crippen molar-refractivity contribution >= 4 is 27.9 Å². The molecule has 0 radical (unpaired) electrons. The summed E-state index contributed by atoms with van der Waals surface area (Å²) in [6, 6.07) is 8.54. The molecule has 1 saturated heterocycles. The molecule has 1 aliphatic heterocycles. The third kappa shape index (κ3) is 23.0. The van der Waals surface area contributed by atoms with Crippen LogP contribution in [0.4, 0.5) is 4.79 Å². The number of aliphatic hydroxyl groups is 2. The summed E-state index contributed by atoms with van der Waals surface area (Å²) >= 11 is 2.99. The molecule has 0 aliphatic carbocycles. The average Bonchev–Trinajstić information content (AvgIpc) is 3.41. The number of carboxylic acid groups (broad SMARTS) is 1. The van der Waals surface area contributed by atoms with Gasteiger partial charge in [0, 0.05) is 26.4 Å². The molecule has 0 aromatic heterocycles. The second-order valence-electron chi connectivity index (χ2n) is 5.89. The van der Waals surface area contributed by atoms with E-state index in [1.807, 2.05) is 58.0 Å². The molecule has 5 N–H and O–H groups in total. The summed E-state index contributed by atoms with van der Waals surface area (Å²) in [4.78, 5) is 21.9. The first-order chi connectivity index (χ1) is 15.4. The summed E-state index contributed by atoms with van der Waals surface area (Å²) in [5.41, 5.74) is 0.900. The highest BCUT2D eigenvalue weighted by molar-refractivity contribution is 9.09. The van der Waals surface area contributed by atoms with Gasteiger partial charge in [-0.2, -0.15) is 0 Å². The maximum absolute atomic E-state index is 11.1. The van der Waals surface area contributed by atoms with Gasteiger partial charge in [0.05, 0.1) is 17.5 Å². The summed E-state index contributed by atoms with van der Waals surface area (Å²) in [5.74, 6) is -0.266. The van der Waals surface area contributed by atoms with Crippen molar-refractivity contribution in [1.82, 2.24) is 10.6 Å². The lowest BCUT2D eigenvalue weighted by Gasteiger charge is -2.23. The van der Waals surface area contributed by atoms with Gasteiger partial charge in [-0.25, -0.2) is 4.79 Å². The fraction of sp³-hybridized carbons (Fsp3) is 0.652. The number of alkyl halides is 1. The molecule has 9 heteroatoms. The van der Waals surface area contributed by atoms with E-state index >= 15 is 0 Å². The van der Waals surface area contributed by atoms with Gasteiger partial charge in [0.2, 0.25) is 5.91 Å². The zero-order chi connectivity index (χ0) is 25.2. The number of carbonyl (C=O) groups is 2. The van der Waals surface area contributed by atoms with E-state index in [-0.39, 0.29) is 24.4 Å². The van der Waals surface area contributed by atoms with E-state index in [1.165, 1.54) is 12.8 Å². The van der Waals surface area contributed by atoms with Crippen molar-refractivity contribution in [2.45, 2.75) is 66.0 Å². The molecule has 0 saturated carbocycles. The summed E-state index contributed by atoms with van der Waals surface area (Å²) < 4.78 is 4.94. The Morgan fingerprint density at radius 1 is 1.09 bits per heavy atom. The van der Waals surface area contributed by atoms with Crippen LogP contribution < -0.4 is 10.6 Å². The molecule has 188 valence electrons. The lowest BCUT2D eigenvalue weighted by Crippen LogP contribution is -2.49.